The average molecular weight is 366 g/mol. The van der Waals surface area contributed by atoms with Gasteiger partial charge in [-0.2, -0.15) is 0 Å². The van der Waals surface area contributed by atoms with E-state index in [0.29, 0.717) is 31.3 Å². The zero-order valence-electron chi connectivity index (χ0n) is 15.5. The maximum atomic E-state index is 12.7. The molecule has 0 aliphatic carbocycles. The van der Waals surface area contributed by atoms with E-state index in [0.717, 1.165) is 22.5 Å². The minimum Gasteiger partial charge on any atom is -0.486 e. The van der Waals surface area contributed by atoms with Crippen LogP contribution < -0.4 is 19.7 Å². The van der Waals surface area contributed by atoms with E-state index in [1.807, 2.05) is 38.1 Å². The maximum Gasteiger partial charge on any atom is 0.229 e. The molecule has 140 valence electrons. The Labute approximate surface area is 158 Å². The second-order valence-corrected chi connectivity index (χ2v) is 6.97. The van der Waals surface area contributed by atoms with Gasteiger partial charge in [0.05, 0.1) is 5.92 Å². The molecule has 6 nitrogen and oxygen atoms in total. The van der Waals surface area contributed by atoms with Gasteiger partial charge in [-0.25, -0.2) is 0 Å². The zero-order valence-corrected chi connectivity index (χ0v) is 15.5. The summed E-state index contributed by atoms with van der Waals surface area (Å²) < 4.78 is 11.1. The van der Waals surface area contributed by atoms with Crippen molar-refractivity contribution in [2.75, 3.05) is 30.0 Å². The fraction of sp³-hybridized carbons (Fsp3) is 0.333. The Bertz CT molecular complexity index is 909. The lowest BCUT2D eigenvalue weighted by atomic mass is 10.1. The molecule has 0 unspecified atom stereocenters. The molecule has 1 saturated heterocycles. The van der Waals surface area contributed by atoms with Gasteiger partial charge >= 0.3 is 0 Å². The highest BCUT2D eigenvalue weighted by Crippen LogP contribution is 2.36. The van der Waals surface area contributed by atoms with Crippen LogP contribution in [0.4, 0.5) is 11.4 Å². The van der Waals surface area contributed by atoms with Crippen LogP contribution in [0.1, 0.15) is 17.5 Å². The molecule has 2 aliphatic rings. The topological polar surface area (TPSA) is 67.9 Å². The first-order valence-electron chi connectivity index (χ1n) is 9.10. The fourth-order valence-electron chi connectivity index (χ4n) is 3.45. The van der Waals surface area contributed by atoms with Gasteiger partial charge < -0.3 is 19.7 Å². The summed E-state index contributed by atoms with van der Waals surface area (Å²) in [6.45, 7) is 5.36. The number of nitrogens with one attached hydrogen (secondary N) is 1. The average Bonchev–Trinajstić information content (AvgIpc) is 3.07. The summed E-state index contributed by atoms with van der Waals surface area (Å²) in [5.41, 5.74) is 3.68. The minimum atomic E-state index is -0.384. The van der Waals surface area contributed by atoms with E-state index >= 15 is 0 Å². The normalized spacial score (nSPS) is 18.5. The Kier molecular flexibility index (Phi) is 4.48. The fourth-order valence-corrected chi connectivity index (χ4v) is 3.45. The van der Waals surface area contributed by atoms with Crippen molar-refractivity contribution in [2.24, 2.45) is 5.92 Å². The molecule has 0 saturated carbocycles. The summed E-state index contributed by atoms with van der Waals surface area (Å²) in [6, 6.07) is 11.2. The summed E-state index contributed by atoms with van der Waals surface area (Å²) in [5, 5.41) is 2.97. The third-order valence-electron chi connectivity index (χ3n) is 5.20. The maximum absolute atomic E-state index is 12.7. The van der Waals surface area contributed by atoms with Crippen molar-refractivity contribution in [3.05, 3.63) is 47.5 Å². The van der Waals surface area contributed by atoms with Gasteiger partial charge in [0.2, 0.25) is 11.8 Å². The Hall–Kier alpha value is -3.02. The van der Waals surface area contributed by atoms with E-state index < -0.39 is 0 Å². The van der Waals surface area contributed by atoms with Crippen LogP contribution >= 0.6 is 0 Å². The van der Waals surface area contributed by atoms with Gasteiger partial charge in [-0.3, -0.25) is 9.59 Å². The van der Waals surface area contributed by atoms with Gasteiger partial charge in [0, 0.05) is 30.4 Å². The highest BCUT2D eigenvalue weighted by molar-refractivity contribution is 6.03. The first kappa shape index (κ1) is 17.4. The van der Waals surface area contributed by atoms with E-state index in [1.54, 1.807) is 17.0 Å². The van der Waals surface area contributed by atoms with Crippen molar-refractivity contribution in [3.8, 4) is 11.5 Å². The van der Waals surface area contributed by atoms with E-state index in [1.165, 1.54) is 0 Å². The van der Waals surface area contributed by atoms with Crippen LogP contribution in [0.3, 0.4) is 0 Å². The molecule has 1 N–H and O–H groups in total. The van der Waals surface area contributed by atoms with Gasteiger partial charge in [0.15, 0.2) is 11.5 Å². The Morgan fingerprint density at radius 3 is 2.70 bits per heavy atom. The highest BCUT2D eigenvalue weighted by atomic mass is 16.6. The van der Waals surface area contributed by atoms with Crippen molar-refractivity contribution in [1.29, 1.82) is 0 Å². The number of carbonyl (C=O) groups excluding carboxylic acids is 2. The second-order valence-electron chi connectivity index (χ2n) is 6.97. The standard InChI is InChI=1S/C21H22N2O4/c1-13-4-3-5-17(14(13)2)22-21(25)15-10-20(24)23(12-15)16-6-7-18-19(11-16)27-9-8-26-18/h3-7,11,15H,8-10,12H2,1-2H3,(H,22,25)/t15-/m1/s1. The van der Waals surface area contributed by atoms with Gasteiger partial charge in [-0.15, -0.1) is 0 Å². The largest absolute Gasteiger partial charge is 0.486 e. The molecule has 0 spiro atoms. The molecular formula is C21H22N2O4. The molecule has 1 atom stereocenters. The number of aryl methyl sites for hydroxylation is 1. The van der Waals surface area contributed by atoms with Gasteiger partial charge in [0.25, 0.3) is 0 Å². The SMILES string of the molecule is Cc1cccc(NC(=O)[C@@H]2CC(=O)N(c3ccc4c(c3)OCCO4)C2)c1C. The molecule has 2 aromatic carbocycles. The third-order valence-corrected chi connectivity index (χ3v) is 5.20. The van der Waals surface area contributed by atoms with E-state index in [4.69, 9.17) is 9.47 Å². The Morgan fingerprint density at radius 2 is 1.89 bits per heavy atom. The molecule has 2 aromatic rings. The molecule has 0 radical (unpaired) electrons. The summed E-state index contributed by atoms with van der Waals surface area (Å²) >= 11 is 0. The number of anilines is 2. The lowest BCUT2D eigenvalue weighted by Gasteiger charge is -2.22. The number of rotatable bonds is 3. The van der Waals surface area contributed by atoms with Gasteiger partial charge in [-0.1, -0.05) is 12.1 Å². The van der Waals surface area contributed by atoms with Crippen molar-refractivity contribution in [2.45, 2.75) is 20.3 Å². The molecule has 2 amide bonds. The van der Waals surface area contributed by atoms with Crippen LogP contribution in [0.25, 0.3) is 0 Å². The lowest BCUT2D eigenvalue weighted by molar-refractivity contribution is -0.122. The van der Waals surface area contributed by atoms with Gasteiger partial charge in [-0.05, 0) is 43.2 Å². The predicted molar refractivity (Wildman–Crippen MR) is 102 cm³/mol. The lowest BCUT2D eigenvalue weighted by Crippen LogP contribution is -2.28. The Morgan fingerprint density at radius 1 is 1.11 bits per heavy atom. The number of nitrogens with zero attached hydrogens (tertiary/aromatic N) is 1. The highest BCUT2D eigenvalue weighted by Gasteiger charge is 2.35. The van der Waals surface area contributed by atoms with Crippen LogP contribution in [0, 0.1) is 19.8 Å². The minimum absolute atomic E-state index is 0.0622. The molecule has 6 heteroatoms. The quantitative estimate of drug-likeness (QED) is 0.907. The van der Waals surface area contributed by atoms with Crippen LogP contribution in [0.2, 0.25) is 0 Å². The van der Waals surface area contributed by atoms with Crippen molar-refractivity contribution in [1.82, 2.24) is 0 Å². The molecular weight excluding hydrogens is 344 g/mol. The van der Waals surface area contributed by atoms with Crippen LogP contribution in [0.5, 0.6) is 11.5 Å². The second kappa shape index (κ2) is 6.95. The molecule has 0 bridgehead atoms. The van der Waals surface area contributed by atoms with Gasteiger partial charge in [0.1, 0.15) is 13.2 Å². The van der Waals surface area contributed by atoms with Crippen molar-refractivity contribution < 1.29 is 19.1 Å². The molecule has 0 aromatic heterocycles. The first-order valence-corrected chi connectivity index (χ1v) is 9.10. The summed E-state index contributed by atoms with van der Waals surface area (Å²) in [6.07, 6.45) is 0.200. The Balaban J connectivity index is 1.49. The third kappa shape index (κ3) is 3.35. The van der Waals surface area contributed by atoms with Crippen LogP contribution in [0.15, 0.2) is 36.4 Å². The molecule has 4 rings (SSSR count). The smallest absolute Gasteiger partial charge is 0.229 e. The molecule has 2 heterocycles. The van der Waals surface area contributed by atoms with Crippen LogP contribution in [-0.2, 0) is 9.59 Å². The number of carbonyl (C=O) groups is 2. The molecule has 2 aliphatic heterocycles. The van der Waals surface area contributed by atoms with Crippen molar-refractivity contribution >= 4 is 23.2 Å². The first-order chi connectivity index (χ1) is 13.0. The predicted octanol–water partition coefficient (Wildman–Crippen LogP) is 3.07. The summed E-state index contributed by atoms with van der Waals surface area (Å²) in [7, 11) is 0. The van der Waals surface area contributed by atoms with E-state index in [2.05, 4.69) is 5.32 Å². The molecule has 1 fully saturated rings. The number of benzene rings is 2. The number of ether oxygens (including phenoxy) is 2. The summed E-state index contributed by atoms with van der Waals surface area (Å²) in [5.74, 6) is 0.742. The number of hydrogen-bond acceptors (Lipinski definition) is 4. The van der Waals surface area contributed by atoms with Crippen LogP contribution in [-0.4, -0.2) is 31.6 Å². The number of fused-ring (bicyclic) bond motifs is 1. The molecule has 27 heavy (non-hydrogen) atoms. The zero-order chi connectivity index (χ0) is 19.0. The number of hydrogen-bond donors (Lipinski definition) is 1. The van der Waals surface area contributed by atoms with E-state index in [-0.39, 0.29) is 24.2 Å². The number of amides is 2. The van der Waals surface area contributed by atoms with E-state index in [9.17, 15) is 9.59 Å². The summed E-state index contributed by atoms with van der Waals surface area (Å²) in [4.78, 5) is 26.8. The monoisotopic (exact) mass is 366 g/mol. The van der Waals surface area contributed by atoms with Crippen molar-refractivity contribution in [3.63, 3.8) is 0 Å².